The van der Waals surface area contributed by atoms with E-state index in [2.05, 4.69) is 37.3 Å². The maximum atomic E-state index is 13.3. The van der Waals surface area contributed by atoms with Crippen molar-refractivity contribution in [2.24, 2.45) is 0 Å². The summed E-state index contributed by atoms with van der Waals surface area (Å²) >= 11 is 0. The Balaban J connectivity index is 1.38. The third kappa shape index (κ3) is 4.74. The highest BCUT2D eigenvalue weighted by Crippen LogP contribution is 2.24. The van der Waals surface area contributed by atoms with Gasteiger partial charge < -0.3 is 14.2 Å². The SMILES string of the molecule is Cc1cccc(CN2C(=O)CN(C(=O)c3cc4ccccc4o3)C[C@@H]2CCc2ccccc2)c1. The number of hydrogen-bond acceptors (Lipinski definition) is 3. The normalized spacial score (nSPS) is 16.3. The average molecular weight is 453 g/mol. The van der Waals surface area contributed by atoms with Crippen molar-refractivity contribution in [1.29, 1.82) is 0 Å². The number of piperazine rings is 1. The molecular formula is C29H28N2O3. The Morgan fingerprint density at radius 2 is 1.71 bits per heavy atom. The monoisotopic (exact) mass is 452 g/mol. The van der Waals surface area contributed by atoms with Crippen molar-refractivity contribution in [3.05, 3.63) is 107 Å². The average Bonchev–Trinajstić information content (AvgIpc) is 3.29. The zero-order valence-electron chi connectivity index (χ0n) is 19.3. The summed E-state index contributed by atoms with van der Waals surface area (Å²) < 4.78 is 5.80. The highest BCUT2D eigenvalue weighted by molar-refractivity contribution is 5.98. The predicted octanol–water partition coefficient (Wildman–Crippen LogP) is 5.23. The van der Waals surface area contributed by atoms with Gasteiger partial charge in [-0.1, -0.05) is 78.4 Å². The van der Waals surface area contributed by atoms with Gasteiger partial charge in [-0.15, -0.1) is 0 Å². The molecule has 5 heteroatoms. The summed E-state index contributed by atoms with van der Waals surface area (Å²) in [6.45, 7) is 3.15. The van der Waals surface area contributed by atoms with E-state index in [4.69, 9.17) is 4.42 Å². The summed E-state index contributed by atoms with van der Waals surface area (Å²) in [5.74, 6) is 0.0164. The maximum Gasteiger partial charge on any atom is 0.290 e. The lowest BCUT2D eigenvalue weighted by molar-refractivity contribution is -0.139. The Hall–Kier alpha value is -3.86. The second kappa shape index (κ2) is 9.56. The molecular weight excluding hydrogens is 424 g/mol. The van der Waals surface area contributed by atoms with Gasteiger partial charge in [-0.25, -0.2) is 0 Å². The highest BCUT2D eigenvalue weighted by atomic mass is 16.3. The van der Waals surface area contributed by atoms with E-state index in [1.165, 1.54) is 11.1 Å². The summed E-state index contributed by atoms with van der Waals surface area (Å²) in [5, 5.41) is 0.885. The molecule has 2 amide bonds. The molecule has 5 nitrogen and oxygen atoms in total. The molecule has 1 saturated heterocycles. The molecule has 0 N–H and O–H groups in total. The van der Waals surface area contributed by atoms with Crippen LogP contribution < -0.4 is 0 Å². The summed E-state index contributed by atoms with van der Waals surface area (Å²) in [4.78, 5) is 30.2. The second-order valence-electron chi connectivity index (χ2n) is 9.02. The van der Waals surface area contributed by atoms with Crippen LogP contribution in [0, 0.1) is 6.92 Å². The molecule has 1 aliphatic heterocycles. The van der Waals surface area contributed by atoms with Crippen molar-refractivity contribution in [1.82, 2.24) is 9.80 Å². The first-order chi connectivity index (χ1) is 16.6. The Kier molecular flexibility index (Phi) is 6.17. The number of fused-ring (bicyclic) bond motifs is 1. The highest BCUT2D eigenvalue weighted by Gasteiger charge is 2.35. The van der Waals surface area contributed by atoms with E-state index in [0.29, 0.717) is 18.7 Å². The minimum Gasteiger partial charge on any atom is -0.451 e. The molecule has 0 unspecified atom stereocenters. The van der Waals surface area contributed by atoms with Crippen LogP contribution in [0.2, 0.25) is 0 Å². The molecule has 1 aliphatic rings. The fraction of sp³-hybridized carbons (Fsp3) is 0.241. The third-order valence-electron chi connectivity index (χ3n) is 6.49. The van der Waals surface area contributed by atoms with Crippen LogP contribution in [-0.4, -0.2) is 40.7 Å². The van der Waals surface area contributed by atoms with Crippen LogP contribution in [-0.2, 0) is 17.8 Å². The van der Waals surface area contributed by atoms with Crippen molar-refractivity contribution in [2.75, 3.05) is 13.1 Å². The minimum atomic E-state index is -0.232. The summed E-state index contributed by atoms with van der Waals surface area (Å²) in [5.41, 5.74) is 4.18. The molecule has 34 heavy (non-hydrogen) atoms. The molecule has 0 spiro atoms. The van der Waals surface area contributed by atoms with Crippen molar-refractivity contribution < 1.29 is 14.0 Å². The number of rotatable bonds is 6. The molecule has 1 fully saturated rings. The quantitative estimate of drug-likeness (QED) is 0.403. The van der Waals surface area contributed by atoms with Crippen LogP contribution >= 0.6 is 0 Å². The summed E-state index contributed by atoms with van der Waals surface area (Å²) in [7, 11) is 0. The molecule has 2 heterocycles. The van der Waals surface area contributed by atoms with E-state index in [1.807, 2.05) is 53.4 Å². The number of para-hydroxylation sites is 1. The molecule has 4 aromatic rings. The van der Waals surface area contributed by atoms with Crippen LogP contribution in [0.4, 0.5) is 0 Å². The van der Waals surface area contributed by atoms with Crippen LogP contribution in [0.3, 0.4) is 0 Å². The van der Waals surface area contributed by atoms with Crippen molar-refractivity contribution in [2.45, 2.75) is 32.4 Å². The van der Waals surface area contributed by atoms with Gasteiger partial charge in [0.1, 0.15) is 12.1 Å². The van der Waals surface area contributed by atoms with E-state index >= 15 is 0 Å². The smallest absolute Gasteiger partial charge is 0.290 e. The number of nitrogens with zero attached hydrogens (tertiary/aromatic N) is 2. The largest absolute Gasteiger partial charge is 0.451 e. The van der Waals surface area contributed by atoms with E-state index in [1.54, 1.807) is 11.0 Å². The topological polar surface area (TPSA) is 53.8 Å². The Bertz CT molecular complexity index is 1280. The van der Waals surface area contributed by atoms with Crippen molar-refractivity contribution >= 4 is 22.8 Å². The molecule has 1 aromatic heterocycles. The Morgan fingerprint density at radius 1 is 0.941 bits per heavy atom. The molecule has 0 bridgehead atoms. The van der Waals surface area contributed by atoms with Gasteiger partial charge in [-0.2, -0.15) is 0 Å². The first-order valence-electron chi connectivity index (χ1n) is 11.7. The fourth-order valence-electron chi connectivity index (χ4n) is 4.72. The second-order valence-corrected chi connectivity index (χ2v) is 9.02. The molecule has 0 saturated carbocycles. The van der Waals surface area contributed by atoms with E-state index < -0.39 is 0 Å². The van der Waals surface area contributed by atoms with Gasteiger partial charge in [-0.3, -0.25) is 9.59 Å². The number of carbonyl (C=O) groups is 2. The van der Waals surface area contributed by atoms with Crippen LogP contribution in [0.1, 0.15) is 33.7 Å². The first-order valence-corrected chi connectivity index (χ1v) is 11.7. The van der Waals surface area contributed by atoms with Gasteiger partial charge in [-0.05, 0) is 43.0 Å². The van der Waals surface area contributed by atoms with Crippen LogP contribution in [0.15, 0.2) is 89.3 Å². The predicted molar refractivity (Wildman–Crippen MR) is 132 cm³/mol. The van der Waals surface area contributed by atoms with Gasteiger partial charge in [0.2, 0.25) is 5.91 Å². The Morgan fingerprint density at radius 3 is 2.50 bits per heavy atom. The molecule has 0 aliphatic carbocycles. The molecule has 1 atom stereocenters. The third-order valence-corrected chi connectivity index (χ3v) is 6.49. The molecule has 0 radical (unpaired) electrons. The number of furan rings is 1. The first kappa shape index (κ1) is 22.0. The number of hydrogen-bond donors (Lipinski definition) is 0. The molecule has 172 valence electrons. The number of benzene rings is 3. The lowest BCUT2D eigenvalue weighted by atomic mass is 10.00. The van der Waals surface area contributed by atoms with Crippen LogP contribution in [0.5, 0.6) is 0 Å². The van der Waals surface area contributed by atoms with Crippen molar-refractivity contribution in [3.63, 3.8) is 0 Å². The van der Waals surface area contributed by atoms with E-state index in [9.17, 15) is 9.59 Å². The zero-order valence-corrected chi connectivity index (χ0v) is 19.3. The van der Waals surface area contributed by atoms with Gasteiger partial charge in [0.25, 0.3) is 5.91 Å². The lowest BCUT2D eigenvalue weighted by Gasteiger charge is -2.41. The maximum absolute atomic E-state index is 13.3. The number of amides is 2. The van der Waals surface area contributed by atoms with E-state index in [0.717, 1.165) is 23.8 Å². The van der Waals surface area contributed by atoms with Crippen LogP contribution in [0.25, 0.3) is 11.0 Å². The minimum absolute atomic E-state index is 0.0321. The summed E-state index contributed by atoms with van der Waals surface area (Å²) in [6.07, 6.45) is 1.63. The molecule has 3 aromatic carbocycles. The standard InChI is InChI=1S/C29H28N2O3/c1-21-8-7-11-23(16-21)18-31-25(15-14-22-9-3-2-4-10-22)19-30(20-28(31)32)29(33)27-17-24-12-5-6-13-26(24)34-27/h2-13,16-17,25H,14-15,18-20H2,1H3/t25-/m0/s1. The van der Waals surface area contributed by atoms with Gasteiger partial charge in [0, 0.05) is 18.5 Å². The lowest BCUT2D eigenvalue weighted by Crippen LogP contribution is -2.57. The fourth-order valence-corrected chi connectivity index (χ4v) is 4.72. The molecule has 5 rings (SSSR count). The van der Waals surface area contributed by atoms with Gasteiger partial charge in [0.15, 0.2) is 5.76 Å². The van der Waals surface area contributed by atoms with E-state index in [-0.39, 0.29) is 30.2 Å². The number of aryl methyl sites for hydroxylation is 2. The van der Waals surface area contributed by atoms with Gasteiger partial charge in [0.05, 0.1) is 6.04 Å². The van der Waals surface area contributed by atoms with Crippen molar-refractivity contribution in [3.8, 4) is 0 Å². The summed E-state index contributed by atoms with van der Waals surface area (Å²) in [6, 6.07) is 27.8. The zero-order chi connectivity index (χ0) is 23.5. The van der Waals surface area contributed by atoms with Gasteiger partial charge >= 0.3 is 0 Å². The Labute approximate surface area is 199 Å². The number of carbonyl (C=O) groups excluding carboxylic acids is 2.